The Hall–Kier alpha value is -1.35. The van der Waals surface area contributed by atoms with E-state index >= 15 is 0 Å². The molecule has 1 heterocycles. The van der Waals surface area contributed by atoms with Crippen molar-refractivity contribution in [1.29, 1.82) is 0 Å². The van der Waals surface area contributed by atoms with Crippen molar-refractivity contribution < 1.29 is 9.90 Å². The molecule has 0 saturated carbocycles. The van der Waals surface area contributed by atoms with Crippen LogP contribution >= 0.6 is 0 Å². The largest absolute Gasteiger partial charge is 0.478 e. The summed E-state index contributed by atoms with van der Waals surface area (Å²) in [6.45, 7) is 6.39. The van der Waals surface area contributed by atoms with Gasteiger partial charge in [-0.1, -0.05) is 38.3 Å². The maximum Gasteiger partial charge on any atom is 0.335 e. The number of hydrogen-bond donors (Lipinski definition) is 1. The molecule has 0 spiro atoms. The van der Waals surface area contributed by atoms with Gasteiger partial charge in [-0.25, -0.2) is 4.79 Å². The van der Waals surface area contributed by atoms with Crippen molar-refractivity contribution in [3.05, 3.63) is 34.9 Å². The predicted octanol–water partition coefficient (Wildman–Crippen LogP) is 3.71. The first-order valence-electron chi connectivity index (χ1n) is 7.71. The lowest BCUT2D eigenvalue weighted by molar-refractivity contribution is 0.0694. The molecular formula is C17H25NO2. The first kappa shape index (κ1) is 15.0. The summed E-state index contributed by atoms with van der Waals surface area (Å²) in [4.78, 5) is 13.7. The normalized spacial score (nSPS) is 16.7. The molecule has 1 aromatic carbocycles. The van der Waals surface area contributed by atoms with Gasteiger partial charge in [-0.3, -0.25) is 4.90 Å². The molecule has 0 amide bonds. The van der Waals surface area contributed by atoms with Gasteiger partial charge in [0.05, 0.1) is 5.56 Å². The fraction of sp³-hybridized carbons (Fsp3) is 0.588. The molecule has 1 atom stereocenters. The van der Waals surface area contributed by atoms with Gasteiger partial charge in [0.15, 0.2) is 0 Å². The Labute approximate surface area is 121 Å². The molecule has 1 N–H and O–H groups in total. The lowest BCUT2D eigenvalue weighted by Crippen LogP contribution is -2.38. The quantitative estimate of drug-likeness (QED) is 0.805. The van der Waals surface area contributed by atoms with Crippen LogP contribution in [0.2, 0.25) is 0 Å². The lowest BCUT2D eigenvalue weighted by Gasteiger charge is -2.34. The summed E-state index contributed by atoms with van der Waals surface area (Å²) in [6.07, 6.45) is 5.95. The minimum absolute atomic E-state index is 0.487. The molecule has 1 unspecified atom stereocenters. The molecule has 0 fully saturated rings. The topological polar surface area (TPSA) is 40.5 Å². The third-order valence-electron chi connectivity index (χ3n) is 4.37. The molecule has 0 bridgehead atoms. The van der Waals surface area contributed by atoms with Crippen LogP contribution in [0.15, 0.2) is 18.2 Å². The van der Waals surface area contributed by atoms with E-state index in [0.29, 0.717) is 11.6 Å². The van der Waals surface area contributed by atoms with Crippen molar-refractivity contribution in [2.75, 3.05) is 6.54 Å². The van der Waals surface area contributed by atoms with Crippen LogP contribution in [0.25, 0.3) is 0 Å². The molecule has 0 saturated heterocycles. The van der Waals surface area contributed by atoms with Crippen LogP contribution in [0.4, 0.5) is 0 Å². The van der Waals surface area contributed by atoms with Crippen molar-refractivity contribution in [2.24, 2.45) is 0 Å². The summed E-state index contributed by atoms with van der Waals surface area (Å²) in [5.41, 5.74) is 2.72. The smallest absolute Gasteiger partial charge is 0.335 e. The zero-order valence-electron chi connectivity index (χ0n) is 12.6. The number of benzene rings is 1. The zero-order chi connectivity index (χ0) is 14.5. The van der Waals surface area contributed by atoms with E-state index in [1.54, 1.807) is 6.07 Å². The first-order valence-corrected chi connectivity index (χ1v) is 7.71. The number of aromatic carboxylic acids is 1. The Morgan fingerprint density at radius 3 is 2.90 bits per heavy atom. The Balaban J connectivity index is 2.04. The molecule has 0 aliphatic carbocycles. The van der Waals surface area contributed by atoms with E-state index < -0.39 is 5.97 Å². The van der Waals surface area contributed by atoms with Gasteiger partial charge in [0.25, 0.3) is 0 Å². The molecule has 2 rings (SSSR count). The fourth-order valence-electron chi connectivity index (χ4n) is 3.08. The van der Waals surface area contributed by atoms with Gasteiger partial charge in [-0.05, 0) is 37.0 Å². The van der Waals surface area contributed by atoms with Gasteiger partial charge in [0.2, 0.25) is 0 Å². The standard InChI is InChI=1S/C17H25NO2/c1-3-4-5-7-13(2)18-11-10-15-14(12-18)8-6-9-16(15)17(19)20/h6,8-9,13H,3-5,7,10-12H2,1-2H3,(H,19,20). The number of carboxylic acid groups (broad SMARTS) is 1. The third kappa shape index (κ3) is 3.40. The molecule has 1 aliphatic heterocycles. The number of nitrogens with zero attached hydrogens (tertiary/aromatic N) is 1. The fourth-order valence-corrected chi connectivity index (χ4v) is 3.08. The highest BCUT2D eigenvalue weighted by Crippen LogP contribution is 2.25. The summed E-state index contributed by atoms with van der Waals surface area (Å²) >= 11 is 0. The zero-order valence-corrected chi connectivity index (χ0v) is 12.6. The van der Waals surface area contributed by atoms with E-state index in [-0.39, 0.29) is 0 Å². The summed E-state index contributed by atoms with van der Waals surface area (Å²) < 4.78 is 0. The minimum atomic E-state index is -0.800. The van der Waals surface area contributed by atoms with Crippen LogP contribution in [-0.2, 0) is 13.0 Å². The molecule has 110 valence electrons. The van der Waals surface area contributed by atoms with E-state index in [1.165, 1.54) is 31.2 Å². The molecule has 3 heteroatoms. The molecule has 0 radical (unpaired) electrons. The van der Waals surface area contributed by atoms with Gasteiger partial charge in [-0.2, -0.15) is 0 Å². The van der Waals surface area contributed by atoms with E-state index in [9.17, 15) is 9.90 Å². The average molecular weight is 275 g/mol. The number of carboxylic acids is 1. The van der Waals surface area contributed by atoms with Crippen molar-refractivity contribution in [3.8, 4) is 0 Å². The number of rotatable bonds is 6. The first-order chi connectivity index (χ1) is 9.63. The maximum atomic E-state index is 11.2. The third-order valence-corrected chi connectivity index (χ3v) is 4.37. The summed E-state index contributed by atoms with van der Waals surface area (Å²) in [5, 5.41) is 9.25. The molecule has 1 aliphatic rings. The Morgan fingerprint density at radius 2 is 2.20 bits per heavy atom. The second-order valence-corrected chi connectivity index (χ2v) is 5.81. The lowest BCUT2D eigenvalue weighted by atomic mass is 9.93. The SMILES string of the molecule is CCCCCC(C)N1CCc2c(cccc2C(=O)O)C1. The number of carbonyl (C=O) groups is 1. The van der Waals surface area contributed by atoms with Crippen LogP contribution in [0.3, 0.4) is 0 Å². The Kier molecular flexibility index (Phi) is 5.18. The molecule has 1 aromatic rings. The molecule has 3 nitrogen and oxygen atoms in total. The second kappa shape index (κ2) is 6.89. The van der Waals surface area contributed by atoms with E-state index in [1.807, 2.05) is 6.07 Å². The van der Waals surface area contributed by atoms with E-state index in [0.717, 1.165) is 25.1 Å². The van der Waals surface area contributed by atoms with Crippen LogP contribution < -0.4 is 0 Å². The van der Waals surface area contributed by atoms with Gasteiger partial charge >= 0.3 is 5.97 Å². The maximum absolute atomic E-state index is 11.2. The van der Waals surface area contributed by atoms with Crippen molar-refractivity contribution >= 4 is 5.97 Å². The van der Waals surface area contributed by atoms with Crippen LogP contribution in [0.5, 0.6) is 0 Å². The van der Waals surface area contributed by atoms with Crippen molar-refractivity contribution in [1.82, 2.24) is 4.90 Å². The van der Waals surface area contributed by atoms with Gasteiger partial charge < -0.3 is 5.11 Å². The Bertz CT molecular complexity index is 470. The van der Waals surface area contributed by atoms with Crippen molar-refractivity contribution in [3.63, 3.8) is 0 Å². The van der Waals surface area contributed by atoms with Crippen LogP contribution in [0.1, 0.15) is 61.0 Å². The average Bonchev–Trinajstić information content (AvgIpc) is 2.46. The molecular weight excluding hydrogens is 250 g/mol. The highest BCUT2D eigenvalue weighted by molar-refractivity contribution is 5.89. The van der Waals surface area contributed by atoms with Crippen LogP contribution in [0, 0.1) is 0 Å². The van der Waals surface area contributed by atoms with E-state index in [2.05, 4.69) is 24.8 Å². The van der Waals surface area contributed by atoms with Gasteiger partial charge in [0, 0.05) is 19.1 Å². The highest BCUT2D eigenvalue weighted by Gasteiger charge is 2.23. The summed E-state index contributed by atoms with van der Waals surface area (Å²) in [5.74, 6) is -0.800. The van der Waals surface area contributed by atoms with Gasteiger partial charge in [0.1, 0.15) is 0 Å². The summed E-state index contributed by atoms with van der Waals surface area (Å²) in [6, 6.07) is 6.25. The second-order valence-electron chi connectivity index (χ2n) is 5.81. The Morgan fingerprint density at radius 1 is 1.40 bits per heavy atom. The number of unbranched alkanes of at least 4 members (excludes halogenated alkanes) is 2. The number of hydrogen-bond acceptors (Lipinski definition) is 2. The molecule has 0 aromatic heterocycles. The van der Waals surface area contributed by atoms with E-state index in [4.69, 9.17) is 0 Å². The van der Waals surface area contributed by atoms with Crippen LogP contribution in [-0.4, -0.2) is 28.6 Å². The highest BCUT2D eigenvalue weighted by atomic mass is 16.4. The predicted molar refractivity (Wildman–Crippen MR) is 81.1 cm³/mol. The minimum Gasteiger partial charge on any atom is -0.478 e. The van der Waals surface area contributed by atoms with Gasteiger partial charge in [-0.15, -0.1) is 0 Å². The molecule has 20 heavy (non-hydrogen) atoms. The monoisotopic (exact) mass is 275 g/mol. The van der Waals surface area contributed by atoms with Crippen molar-refractivity contribution in [2.45, 2.75) is 58.5 Å². The summed E-state index contributed by atoms with van der Waals surface area (Å²) in [7, 11) is 0. The number of fused-ring (bicyclic) bond motifs is 1.